The lowest BCUT2D eigenvalue weighted by molar-refractivity contribution is -0.150. The fourth-order valence-corrected chi connectivity index (χ4v) is 4.44. The number of carbonyl (C=O) groups excluding carboxylic acids is 3. The summed E-state index contributed by atoms with van der Waals surface area (Å²) in [6.07, 6.45) is 0. The lowest BCUT2D eigenvalue weighted by Gasteiger charge is -2.38. The monoisotopic (exact) mass is 449 g/mol. The van der Waals surface area contributed by atoms with Gasteiger partial charge in [-0.3, -0.25) is 14.5 Å². The van der Waals surface area contributed by atoms with Gasteiger partial charge >= 0.3 is 5.97 Å². The van der Waals surface area contributed by atoms with Gasteiger partial charge in [0.15, 0.2) is 0 Å². The molecule has 3 rings (SSSR count). The molecule has 0 spiro atoms. The van der Waals surface area contributed by atoms with Gasteiger partial charge in [0.25, 0.3) is 5.91 Å². The van der Waals surface area contributed by atoms with Crippen LogP contribution in [0.5, 0.6) is 0 Å². The molecule has 1 aromatic heterocycles. The Morgan fingerprint density at radius 2 is 1.77 bits per heavy atom. The number of esters is 1. The van der Waals surface area contributed by atoms with E-state index >= 15 is 0 Å². The number of carbonyl (C=O) groups is 3. The lowest BCUT2D eigenvalue weighted by atomic mass is 10.0. The molecule has 1 N–H and O–H groups in total. The zero-order valence-electron chi connectivity index (χ0n) is 16.9. The van der Waals surface area contributed by atoms with Crippen LogP contribution in [0.4, 0.5) is 5.00 Å². The molecule has 2 heterocycles. The van der Waals surface area contributed by atoms with Gasteiger partial charge in [0.05, 0.1) is 16.5 Å². The highest BCUT2D eigenvalue weighted by atomic mass is 35.5. The maximum absolute atomic E-state index is 12.8. The molecule has 1 aliphatic heterocycles. The largest absolute Gasteiger partial charge is 0.465 e. The molecule has 1 fully saturated rings. The highest BCUT2D eigenvalue weighted by Crippen LogP contribution is 2.27. The van der Waals surface area contributed by atoms with E-state index in [4.69, 9.17) is 16.3 Å². The standard InChI is InChI=1S/C21H24ClN3O4S/c1-3-29-21(28)19(15-4-6-16(22)7-5-15)24-10-12-25(13-11-24)20(27)17-8-9-18(30-17)23-14(2)26/h4-9,19H,3,10-13H2,1-2H3,(H,23,26)/t19-/m1/s1. The zero-order chi connectivity index (χ0) is 21.7. The van der Waals surface area contributed by atoms with E-state index in [2.05, 4.69) is 5.32 Å². The average molecular weight is 450 g/mol. The van der Waals surface area contributed by atoms with Gasteiger partial charge in [-0.25, -0.2) is 4.79 Å². The summed E-state index contributed by atoms with van der Waals surface area (Å²) in [7, 11) is 0. The Kier molecular flexibility index (Phi) is 7.47. The molecule has 2 amide bonds. The van der Waals surface area contributed by atoms with E-state index in [-0.39, 0.29) is 17.8 Å². The molecule has 1 aliphatic rings. The van der Waals surface area contributed by atoms with Crippen molar-refractivity contribution in [2.45, 2.75) is 19.9 Å². The quantitative estimate of drug-likeness (QED) is 0.683. The summed E-state index contributed by atoms with van der Waals surface area (Å²) in [6, 6.07) is 10.1. The second-order valence-corrected chi connectivity index (χ2v) is 8.40. The van der Waals surface area contributed by atoms with Crippen molar-refractivity contribution in [3.05, 3.63) is 51.9 Å². The van der Waals surface area contributed by atoms with Crippen molar-refractivity contribution in [2.75, 3.05) is 38.1 Å². The van der Waals surface area contributed by atoms with Crippen LogP contribution >= 0.6 is 22.9 Å². The van der Waals surface area contributed by atoms with Crippen molar-refractivity contribution in [1.29, 1.82) is 0 Å². The van der Waals surface area contributed by atoms with Crippen LogP contribution in [-0.4, -0.2) is 60.4 Å². The van der Waals surface area contributed by atoms with E-state index in [1.165, 1.54) is 18.3 Å². The molecule has 0 bridgehead atoms. The smallest absolute Gasteiger partial charge is 0.328 e. The first-order valence-corrected chi connectivity index (χ1v) is 10.9. The van der Waals surface area contributed by atoms with Gasteiger partial charge < -0.3 is 15.0 Å². The second-order valence-electron chi connectivity index (χ2n) is 6.88. The SMILES string of the molecule is CCOC(=O)[C@@H](c1ccc(Cl)cc1)N1CCN(C(=O)c2ccc(NC(C)=O)s2)CC1. The summed E-state index contributed by atoms with van der Waals surface area (Å²) in [4.78, 5) is 41.0. The third-order valence-corrected chi connectivity index (χ3v) is 6.02. The van der Waals surface area contributed by atoms with Crippen LogP contribution < -0.4 is 5.32 Å². The lowest BCUT2D eigenvalue weighted by Crippen LogP contribution is -2.51. The highest BCUT2D eigenvalue weighted by Gasteiger charge is 2.33. The molecule has 2 aromatic rings. The Morgan fingerprint density at radius 1 is 1.10 bits per heavy atom. The first-order valence-electron chi connectivity index (χ1n) is 9.72. The molecule has 30 heavy (non-hydrogen) atoms. The number of halogens is 1. The molecule has 160 valence electrons. The Hall–Kier alpha value is -2.42. The minimum atomic E-state index is -0.535. The van der Waals surface area contributed by atoms with Gasteiger partial charge in [-0.05, 0) is 36.8 Å². The van der Waals surface area contributed by atoms with Gasteiger partial charge in [0, 0.05) is 38.1 Å². The molecule has 0 aliphatic carbocycles. The number of thiophene rings is 1. The minimum absolute atomic E-state index is 0.0737. The Labute approximate surface area is 184 Å². The number of nitrogens with zero attached hydrogens (tertiary/aromatic N) is 2. The number of hydrogen-bond acceptors (Lipinski definition) is 6. The van der Waals surface area contributed by atoms with Crippen LogP contribution in [0.25, 0.3) is 0 Å². The van der Waals surface area contributed by atoms with Gasteiger partial charge in [-0.2, -0.15) is 0 Å². The second kappa shape index (κ2) is 10.1. The number of ether oxygens (including phenoxy) is 1. The van der Waals surface area contributed by atoms with Crippen molar-refractivity contribution in [3.8, 4) is 0 Å². The van der Waals surface area contributed by atoms with Crippen LogP contribution in [0.2, 0.25) is 5.02 Å². The predicted molar refractivity (Wildman–Crippen MR) is 117 cm³/mol. The number of hydrogen-bond donors (Lipinski definition) is 1. The molecular formula is C21H24ClN3O4S. The summed E-state index contributed by atoms with van der Waals surface area (Å²) < 4.78 is 5.29. The van der Waals surface area contributed by atoms with E-state index in [1.807, 2.05) is 17.0 Å². The summed E-state index contributed by atoms with van der Waals surface area (Å²) in [6.45, 7) is 5.59. The molecular weight excluding hydrogens is 426 g/mol. The average Bonchev–Trinajstić information content (AvgIpc) is 3.17. The zero-order valence-corrected chi connectivity index (χ0v) is 18.5. The van der Waals surface area contributed by atoms with E-state index in [1.54, 1.807) is 36.1 Å². The molecule has 0 saturated carbocycles. The number of benzene rings is 1. The van der Waals surface area contributed by atoms with Crippen molar-refractivity contribution >= 4 is 45.7 Å². The molecule has 0 unspecified atom stereocenters. The first kappa shape index (κ1) is 22.3. The fraction of sp³-hybridized carbons (Fsp3) is 0.381. The summed E-state index contributed by atoms with van der Waals surface area (Å²) in [5.41, 5.74) is 0.816. The molecule has 7 nitrogen and oxygen atoms in total. The van der Waals surface area contributed by atoms with Crippen LogP contribution in [0.15, 0.2) is 36.4 Å². The molecule has 1 aromatic carbocycles. The van der Waals surface area contributed by atoms with Crippen LogP contribution in [0.1, 0.15) is 35.1 Å². The highest BCUT2D eigenvalue weighted by molar-refractivity contribution is 7.18. The third-order valence-electron chi connectivity index (χ3n) is 4.78. The Morgan fingerprint density at radius 3 is 2.37 bits per heavy atom. The van der Waals surface area contributed by atoms with Crippen LogP contribution in [0.3, 0.4) is 0 Å². The first-order chi connectivity index (χ1) is 14.4. The maximum atomic E-state index is 12.8. The topological polar surface area (TPSA) is 79.0 Å². The van der Waals surface area contributed by atoms with Gasteiger partial charge in [0.1, 0.15) is 6.04 Å². The fourth-order valence-electron chi connectivity index (χ4n) is 3.39. The molecule has 1 atom stereocenters. The van der Waals surface area contributed by atoms with Crippen molar-refractivity contribution in [3.63, 3.8) is 0 Å². The van der Waals surface area contributed by atoms with Gasteiger partial charge in [0.2, 0.25) is 5.91 Å². The minimum Gasteiger partial charge on any atom is -0.465 e. The van der Waals surface area contributed by atoms with Crippen LogP contribution in [0, 0.1) is 0 Å². The van der Waals surface area contributed by atoms with Crippen molar-refractivity contribution in [2.24, 2.45) is 0 Å². The normalized spacial score (nSPS) is 15.5. The summed E-state index contributed by atoms with van der Waals surface area (Å²) in [5.74, 6) is -0.551. The maximum Gasteiger partial charge on any atom is 0.328 e. The van der Waals surface area contributed by atoms with E-state index < -0.39 is 6.04 Å². The van der Waals surface area contributed by atoms with Crippen molar-refractivity contribution < 1.29 is 19.1 Å². The van der Waals surface area contributed by atoms with E-state index in [0.717, 1.165) is 5.56 Å². The van der Waals surface area contributed by atoms with Gasteiger partial charge in [-0.15, -0.1) is 11.3 Å². The third kappa shape index (κ3) is 5.38. The van der Waals surface area contributed by atoms with Crippen molar-refractivity contribution in [1.82, 2.24) is 9.80 Å². The predicted octanol–water partition coefficient (Wildman–Crippen LogP) is 3.42. The number of anilines is 1. The Bertz CT molecular complexity index is 907. The van der Waals surface area contributed by atoms with E-state index in [0.29, 0.717) is 47.7 Å². The summed E-state index contributed by atoms with van der Waals surface area (Å²) in [5, 5.41) is 3.94. The number of nitrogens with one attached hydrogen (secondary N) is 1. The van der Waals surface area contributed by atoms with Gasteiger partial charge in [-0.1, -0.05) is 23.7 Å². The summed E-state index contributed by atoms with van der Waals surface area (Å²) >= 11 is 7.24. The molecule has 1 saturated heterocycles. The Balaban J connectivity index is 1.67. The molecule has 9 heteroatoms. The number of rotatable bonds is 6. The number of piperazine rings is 1. The number of amides is 2. The molecule has 0 radical (unpaired) electrons. The van der Waals surface area contributed by atoms with Crippen LogP contribution in [-0.2, 0) is 14.3 Å². The van der Waals surface area contributed by atoms with E-state index in [9.17, 15) is 14.4 Å².